The van der Waals surface area contributed by atoms with E-state index in [2.05, 4.69) is 44.5 Å². The third-order valence-corrected chi connectivity index (χ3v) is 5.16. The first-order valence-electron chi connectivity index (χ1n) is 10.1. The van der Waals surface area contributed by atoms with E-state index in [4.69, 9.17) is 4.74 Å². The number of nitrogens with zero attached hydrogens (tertiary/aromatic N) is 2. The number of hydrogen-bond donors (Lipinski definition) is 2. The Morgan fingerprint density at radius 3 is 2.93 bits per heavy atom. The fraction of sp³-hybridized carbons (Fsp3) is 0.304. The minimum Gasteiger partial charge on any atom is -0.484 e. The molecule has 6 heteroatoms. The second kappa shape index (κ2) is 9.39. The van der Waals surface area contributed by atoms with Crippen LogP contribution in [-0.4, -0.2) is 47.0 Å². The highest BCUT2D eigenvalue weighted by molar-refractivity contribution is 5.77. The van der Waals surface area contributed by atoms with Gasteiger partial charge in [0, 0.05) is 44.1 Å². The molecule has 0 spiro atoms. The van der Waals surface area contributed by atoms with Gasteiger partial charge in [-0.15, -0.1) is 0 Å². The zero-order valence-corrected chi connectivity index (χ0v) is 16.4. The fourth-order valence-corrected chi connectivity index (χ4v) is 3.63. The molecule has 0 aliphatic carbocycles. The highest BCUT2D eigenvalue weighted by Gasteiger charge is 2.15. The zero-order chi connectivity index (χ0) is 19.9. The van der Waals surface area contributed by atoms with Crippen molar-refractivity contribution < 1.29 is 9.53 Å². The van der Waals surface area contributed by atoms with Crippen LogP contribution in [0.5, 0.6) is 5.75 Å². The number of nitrogens with one attached hydrogen (secondary N) is 2. The molecule has 1 aromatic heterocycles. The van der Waals surface area contributed by atoms with E-state index in [0.717, 1.165) is 43.9 Å². The van der Waals surface area contributed by atoms with Crippen LogP contribution in [0.2, 0.25) is 0 Å². The topological polar surface area (TPSA) is 70.2 Å². The van der Waals surface area contributed by atoms with E-state index < -0.39 is 0 Å². The van der Waals surface area contributed by atoms with Gasteiger partial charge in [0.05, 0.1) is 0 Å². The van der Waals surface area contributed by atoms with Crippen molar-refractivity contribution in [3.8, 4) is 17.1 Å². The van der Waals surface area contributed by atoms with Crippen LogP contribution >= 0.6 is 0 Å². The molecule has 0 radical (unpaired) electrons. The van der Waals surface area contributed by atoms with Crippen LogP contribution in [0.15, 0.2) is 60.9 Å². The quantitative estimate of drug-likeness (QED) is 0.580. The zero-order valence-electron chi connectivity index (χ0n) is 16.4. The van der Waals surface area contributed by atoms with E-state index >= 15 is 0 Å². The summed E-state index contributed by atoms with van der Waals surface area (Å²) in [6.45, 7) is 3.74. The second-order valence-corrected chi connectivity index (χ2v) is 7.25. The van der Waals surface area contributed by atoms with E-state index in [1.807, 2.05) is 24.3 Å². The molecule has 1 aliphatic rings. The molecule has 0 bridgehead atoms. The number of rotatable bonds is 8. The maximum Gasteiger partial charge on any atom is 0.257 e. The molecule has 29 heavy (non-hydrogen) atoms. The molecule has 0 unspecified atom stereocenters. The Morgan fingerprint density at radius 2 is 2.07 bits per heavy atom. The molecule has 4 rings (SSSR count). The highest BCUT2D eigenvalue weighted by atomic mass is 16.5. The molecule has 0 saturated carbocycles. The minimum atomic E-state index is -0.0996. The Balaban J connectivity index is 1.15. The summed E-state index contributed by atoms with van der Waals surface area (Å²) in [5.74, 6) is 1.33. The van der Waals surface area contributed by atoms with Gasteiger partial charge in [0.2, 0.25) is 0 Å². The first-order chi connectivity index (χ1) is 14.3. The first-order valence-corrected chi connectivity index (χ1v) is 10.1. The molecule has 3 aromatic rings. The number of aromatic nitrogens is 2. The van der Waals surface area contributed by atoms with Crippen LogP contribution in [0.3, 0.4) is 0 Å². The van der Waals surface area contributed by atoms with Gasteiger partial charge in [-0.2, -0.15) is 0 Å². The lowest BCUT2D eigenvalue weighted by Gasteiger charge is -2.28. The van der Waals surface area contributed by atoms with E-state index in [-0.39, 0.29) is 12.5 Å². The average molecular weight is 390 g/mol. The summed E-state index contributed by atoms with van der Waals surface area (Å²) in [5, 5.41) is 2.94. The number of benzene rings is 2. The third kappa shape index (κ3) is 5.23. The normalized spacial score (nSPS) is 13.7. The van der Waals surface area contributed by atoms with Crippen molar-refractivity contribution in [2.45, 2.75) is 19.4 Å². The molecule has 0 fully saturated rings. The number of imidazole rings is 1. The molecular formula is C23H26N4O2. The SMILES string of the molecule is O=C(COc1cccc(-c2ncc[nH]2)c1)NCCCN1CCc2ccccc2C1. The number of ether oxygens (including phenoxy) is 1. The summed E-state index contributed by atoms with van der Waals surface area (Å²) < 4.78 is 5.63. The lowest BCUT2D eigenvalue weighted by atomic mass is 10.00. The van der Waals surface area contributed by atoms with E-state index in [0.29, 0.717) is 12.3 Å². The number of carbonyl (C=O) groups excluding carboxylic acids is 1. The molecule has 150 valence electrons. The van der Waals surface area contributed by atoms with Gasteiger partial charge in [0.1, 0.15) is 11.6 Å². The van der Waals surface area contributed by atoms with E-state index in [1.165, 1.54) is 11.1 Å². The molecule has 2 aromatic carbocycles. The number of H-pyrrole nitrogens is 1. The van der Waals surface area contributed by atoms with Gasteiger partial charge in [-0.25, -0.2) is 4.98 Å². The number of hydrogen-bond acceptors (Lipinski definition) is 4. The predicted octanol–water partition coefficient (Wildman–Crippen LogP) is 3.02. The Bertz CT molecular complexity index is 940. The molecule has 0 saturated heterocycles. The van der Waals surface area contributed by atoms with Crippen LogP contribution in [0.4, 0.5) is 0 Å². The highest BCUT2D eigenvalue weighted by Crippen LogP contribution is 2.21. The molecule has 1 aliphatic heterocycles. The first kappa shape index (κ1) is 19.2. The van der Waals surface area contributed by atoms with Crippen molar-refractivity contribution in [1.82, 2.24) is 20.2 Å². The summed E-state index contributed by atoms with van der Waals surface area (Å²) in [7, 11) is 0. The molecular weight excluding hydrogens is 364 g/mol. The molecule has 6 nitrogen and oxygen atoms in total. The Hall–Kier alpha value is -3.12. The van der Waals surface area contributed by atoms with Crippen molar-refractivity contribution in [2.75, 3.05) is 26.2 Å². The van der Waals surface area contributed by atoms with Gasteiger partial charge in [0.25, 0.3) is 5.91 Å². The lowest BCUT2D eigenvalue weighted by Crippen LogP contribution is -2.34. The number of amides is 1. The monoisotopic (exact) mass is 390 g/mol. The summed E-state index contributed by atoms with van der Waals surface area (Å²) in [6, 6.07) is 16.2. The van der Waals surface area contributed by atoms with Crippen molar-refractivity contribution in [3.63, 3.8) is 0 Å². The Kier molecular flexibility index (Phi) is 6.22. The second-order valence-electron chi connectivity index (χ2n) is 7.25. The van der Waals surface area contributed by atoms with Crippen LogP contribution in [0.1, 0.15) is 17.5 Å². The van der Waals surface area contributed by atoms with E-state index in [9.17, 15) is 4.79 Å². The van der Waals surface area contributed by atoms with Crippen LogP contribution in [0.25, 0.3) is 11.4 Å². The smallest absolute Gasteiger partial charge is 0.257 e. The molecule has 0 atom stereocenters. The van der Waals surface area contributed by atoms with Gasteiger partial charge in [-0.3, -0.25) is 9.69 Å². The Labute approximate surface area is 170 Å². The largest absolute Gasteiger partial charge is 0.484 e. The van der Waals surface area contributed by atoms with Gasteiger partial charge < -0.3 is 15.0 Å². The molecule has 2 N–H and O–H groups in total. The number of aromatic amines is 1. The maximum atomic E-state index is 12.1. The van der Waals surface area contributed by atoms with Gasteiger partial charge in [-0.05, 0) is 36.1 Å². The summed E-state index contributed by atoms with van der Waals surface area (Å²) >= 11 is 0. The molecule has 2 heterocycles. The Morgan fingerprint density at radius 1 is 1.17 bits per heavy atom. The summed E-state index contributed by atoms with van der Waals surface area (Å²) in [5.41, 5.74) is 3.81. The predicted molar refractivity (Wildman–Crippen MR) is 113 cm³/mol. The maximum absolute atomic E-state index is 12.1. The van der Waals surface area contributed by atoms with Crippen molar-refractivity contribution in [3.05, 3.63) is 72.1 Å². The lowest BCUT2D eigenvalue weighted by molar-refractivity contribution is -0.123. The van der Waals surface area contributed by atoms with Crippen LogP contribution in [0, 0.1) is 0 Å². The van der Waals surface area contributed by atoms with Gasteiger partial charge >= 0.3 is 0 Å². The third-order valence-electron chi connectivity index (χ3n) is 5.16. The van der Waals surface area contributed by atoms with Crippen molar-refractivity contribution >= 4 is 5.91 Å². The summed E-state index contributed by atoms with van der Waals surface area (Å²) in [4.78, 5) is 21.8. The summed E-state index contributed by atoms with van der Waals surface area (Å²) in [6.07, 6.45) is 5.52. The van der Waals surface area contributed by atoms with E-state index in [1.54, 1.807) is 12.4 Å². The average Bonchev–Trinajstić information content (AvgIpc) is 3.30. The number of carbonyl (C=O) groups is 1. The fourth-order valence-electron chi connectivity index (χ4n) is 3.63. The molecule has 1 amide bonds. The van der Waals surface area contributed by atoms with Crippen molar-refractivity contribution in [1.29, 1.82) is 0 Å². The number of fused-ring (bicyclic) bond motifs is 1. The standard InChI is InChI=1S/C23H26N4O2/c28-22(17-29-21-8-3-7-19(15-21)23-25-11-12-26-23)24-10-4-13-27-14-9-18-5-1-2-6-20(18)16-27/h1-3,5-8,11-12,15H,4,9-10,13-14,16-17H2,(H,24,28)(H,25,26). The van der Waals surface area contributed by atoms with Gasteiger partial charge in [0.15, 0.2) is 6.61 Å². The van der Waals surface area contributed by atoms with Crippen LogP contribution < -0.4 is 10.1 Å². The van der Waals surface area contributed by atoms with Gasteiger partial charge in [-0.1, -0.05) is 36.4 Å². The van der Waals surface area contributed by atoms with Crippen LogP contribution in [-0.2, 0) is 17.8 Å². The van der Waals surface area contributed by atoms with Crippen molar-refractivity contribution in [2.24, 2.45) is 0 Å². The minimum absolute atomic E-state index is 0.0126.